The van der Waals surface area contributed by atoms with Crippen LogP contribution in [-0.2, 0) is 17.6 Å². The number of fused-ring (bicyclic) bond motifs is 3. The zero-order chi connectivity index (χ0) is 24.3. The van der Waals surface area contributed by atoms with E-state index < -0.39 is 0 Å². The van der Waals surface area contributed by atoms with Crippen molar-refractivity contribution in [2.45, 2.75) is 48.1 Å². The minimum Gasteiger partial charge on any atom is -0.342 e. The average molecular weight is 499 g/mol. The van der Waals surface area contributed by atoms with Crippen molar-refractivity contribution in [3.63, 3.8) is 0 Å². The van der Waals surface area contributed by atoms with Gasteiger partial charge in [0.05, 0.1) is 6.20 Å². The van der Waals surface area contributed by atoms with Gasteiger partial charge in [0.15, 0.2) is 11.3 Å². The second kappa shape index (κ2) is 8.28. The molecule has 1 saturated heterocycles. The lowest BCUT2D eigenvalue weighted by molar-refractivity contribution is -0.116. The molecule has 0 unspecified atom stereocenters. The minimum atomic E-state index is 0.0407. The standard InChI is InChI=1S/C26H26N8OS/c27-22-16-3-2-10-28-18(16)13-26(22)8-11-34(12-9-26)25-32-23-24(33-25)31-21(14-29-23)36-19-5-1-4-17-15(19)6-7-20(35)30-17/h1-5,10,14,22H,6-9,11-13,27H2,(H,30,35)(H,29,31,32,33)/t22-/m1/s1. The first-order valence-electron chi connectivity index (χ1n) is 12.3. The first kappa shape index (κ1) is 21.8. The number of nitrogens with zero attached hydrogens (tertiary/aromatic N) is 5. The highest BCUT2D eigenvalue weighted by Gasteiger charge is 2.46. The Morgan fingerprint density at radius 2 is 1.97 bits per heavy atom. The zero-order valence-electron chi connectivity index (χ0n) is 19.7. The van der Waals surface area contributed by atoms with Gasteiger partial charge in [-0.3, -0.25) is 9.78 Å². The Morgan fingerprint density at radius 3 is 2.83 bits per heavy atom. The fourth-order valence-corrected chi connectivity index (χ4v) is 6.82. The van der Waals surface area contributed by atoms with E-state index in [9.17, 15) is 4.79 Å². The lowest BCUT2D eigenvalue weighted by atomic mass is 9.73. The normalized spacial score (nSPS) is 20.4. The van der Waals surface area contributed by atoms with Gasteiger partial charge in [-0.2, -0.15) is 4.98 Å². The third-order valence-electron chi connectivity index (χ3n) is 7.90. The maximum atomic E-state index is 11.8. The molecule has 5 heterocycles. The van der Waals surface area contributed by atoms with Gasteiger partial charge in [-0.15, -0.1) is 0 Å². The molecule has 3 aromatic heterocycles. The molecule has 4 N–H and O–H groups in total. The molecular formula is C26H26N8OS. The van der Waals surface area contributed by atoms with Crippen LogP contribution >= 0.6 is 11.8 Å². The summed E-state index contributed by atoms with van der Waals surface area (Å²) < 4.78 is 0. The summed E-state index contributed by atoms with van der Waals surface area (Å²) in [6, 6.07) is 10.1. The molecule has 36 heavy (non-hydrogen) atoms. The Labute approximate surface area is 212 Å². The third-order valence-corrected chi connectivity index (χ3v) is 8.90. The van der Waals surface area contributed by atoms with Crippen molar-refractivity contribution < 1.29 is 4.79 Å². The summed E-state index contributed by atoms with van der Waals surface area (Å²) in [7, 11) is 0. The predicted molar refractivity (Wildman–Crippen MR) is 138 cm³/mol. The van der Waals surface area contributed by atoms with Crippen molar-refractivity contribution in [3.8, 4) is 0 Å². The third kappa shape index (κ3) is 3.55. The number of carbonyl (C=O) groups excluding carboxylic acids is 1. The van der Waals surface area contributed by atoms with E-state index in [2.05, 4.69) is 37.3 Å². The molecule has 1 aliphatic carbocycles. The number of anilines is 2. The van der Waals surface area contributed by atoms with E-state index in [0.29, 0.717) is 17.7 Å². The summed E-state index contributed by atoms with van der Waals surface area (Å²) in [5.41, 5.74) is 12.5. The van der Waals surface area contributed by atoms with Gasteiger partial charge in [-0.05, 0) is 60.4 Å². The number of aromatic nitrogens is 5. The number of H-pyrrole nitrogens is 1. The maximum absolute atomic E-state index is 11.8. The number of amides is 1. The molecular weight excluding hydrogens is 472 g/mol. The van der Waals surface area contributed by atoms with E-state index >= 15 is 0 Å². The lowest BCUT2D eigenvalue weighted by Gasteiger charge is -2.41. The van der Waals surface area contributed by atoms with Crippen molar-refractivity contribution in [3.05, 3.63) is 59.5 Å². The molecule has 0 saturated carbocycles. The lowest BCUT2D eigenvalue weighted by Crippen LogP contribution is -2.44. The van der Waals surface area contributed by atoms with Crippen molar-refractivity contribution in [2.75, 3.05) is 23.3 Å². The largest absolute Gasteiger partial charge is 0.342 e. The highest BCUT2D eigenvalue weighted by atomic mass is 32.2. The number of rotatable bonds is 3. The molecule has 1 fully saturated rings. The topological polar surface area (TPSA) is 126 Å². The van der Waals surface area contributed by atoms with Crippen molar-refractivity contribution in [1.82, 2.24) is 24.9 Å². The molecule has 7 rings (SSSR count). The molecule has 9 nitrogen and oxygen atoms in total. The van der Waals surface area contributed by atoms with Gasteiger partial charge >= 0.3 is 0 Å². The highest BCUT2D eigenvalue weighted by molar-refractivity contribution is 7.99. The molecule has 0 radical (unpaired) electrons. The summed E-state index contributed by atoms with van der Waals surface area (Å²) in [5, 5.41) is 3.75. The molecule has 1 atom stereocenters. The summed E-state index contributed by atoms with van der Waals surface area (Å²) in [6.45, 7) is 1.76. The fraction of sp³-hybridized carbons (Fsp3) is 0.346. The second-order valence-electron chi connectivity index (χ2n) is 9.92. The smallest absolute Gasteiger partial charge is 0.224 e. The number of hydrogen-bond donors (Lipinski definition) is 3. The second-order valence-corrected chi connectivity index (χ2v) is 11.0. The number of imidazole rings is 1. The molecule has 1 spiro atoms. The first-order chi connectivity index (χ1) is 17.6. The van der Waals surface area contributed by atoms with Gasteiger partial charge in [-0.25, -0.2) is 9.97 Å². The Morgan fingerprint density at radius 1 is 1.08 bits per heavy atom. The minimum absolute atomic E-state index is 0.0407. The quantitative estimate of drug-likeness (QED) is 0.391. The van der Waals surface area contributed by atoms with Crippen LogP contribution in [0.5, 0.6) is 0 Å². The summed E-state index contributed by atoms with van der Waals surface area (Å²) in [5.74, 6) is 0.875. The van der Waals surface area contributed by atoms with Crippen LogP contribution in [0.25, 0.3) is 11.3 Å². The molecule has 3 aliphatic rings. The van der Waals surface area contributed by atoms with E-state index in [0.717, 1.165) is 71.6 Å². The summed E-state index contributed by atoms with van der Waals surface area (Å²) >= 11 is 1.56. The van der Waals surface area contributed by atoms with Crippen LogP contribution in [0.15, 0.2) is 52.6 Å². The number of pyridine rings is 1. The maximum Gasteiger partial charge on any atom is 0.224 e. The Bertz CT molecular complexity index is 1490. The number of aromatic amines is 1. The highest BCUT2D eigenvalue weighted by Crippen LogP contribution is 2.50. The number of piperidine rings is 1. The predicted octanol–water partition coefficient (Wildman–Crippen LogP) is 3.63. The van der Waals surface area contributed by atoms with Gasteiger partial charge in [-0.1, -0.05) is 23.9 Å². The van der Waals surface area contributed by atoms with Crippen LogP contribution < -0.4 is 16.0 Å². The molecule has 10 heteroatoms. The molecule has 4 aromatic rings. The van der Waals surface area contributed by atoms with Gasteiger partial charge in [0.25, 0.3) is 0 Å². The van der Waals surface area contributed by atoms with Crippen LogP contribution in [0.4, 0.5) is 11.6 Å². The molecule has 1 aromatic carbocycles. The Balaban J connectivity index is 1.09. The van der Waals surface area contributed by atoms with Crippen LogP contribution in [0, 0.1) is 5.41 Å². The van der Waals surface area contributed by atoms with Crippen molar-refractivity contribution in [2.24, 2.45) is 11.1 Å². The SMILES string of the molecule is N[C@@H]1c2cccnc2CC12CCN(c1nc3ncc(Sc4cccc5c4CCC(=O)N5)nc3[nH]1)CC2. The number of hydrogen-bond acceptors (Lipinski definition) is 8. The van der Waals surface area contributed by atoms with Gasteiger partial charge < -0.3 is 20.9 Å². The van der Waals surface area contributed by atoms with Gasteiger partial charge in [0, 0.05) is 48.0 Å². The van der Waals surface area contributed by atoms with Gasteiger partial charge in [0.1, 0.15) is 5.03 Å². The van der Waals surface area contributed by atoms with E-state index in [4.69, 9.17) is 15.7 Å². The van der Waals surface area contributed by atoms with Crippen LogP contribution in [0.2, 0.25) is 0 Å². The molecule has 0 bridgehead atoms. The van der Waals surface area contributed by atoms with Crippen molar-refractivity contribution in [1.29, 1.82) is 0 Å². The number of nitrogens with one attached hydrogen (secondary N) is 2. The summed E-state index contributed by atoms with van der Waals surface area (Å²) in [4.78, 5) is 37.2. The molecule has 2 aliphatic heterocycles. The first-order valence-corrected chi connectivity index (χ1v) is 13.2. The van der Waals surface area contributed by atoms with E-state index in [-0.39, 0.29) is 17.4 Å². The zero-order valence-corrected chi connectivity index (χ0v) is 20.5. The molecule has 1 amide bonds. The van der Waals surface area contributed by atoms with Crippen LogP contribution in [0.1, 0.15) is 42.1 Å². The molecule has 182 valence electrons. The van der Waals surface area contributed by atoms with E-state index in [1.165, 1.54) is 5.56 Å². The number of carbonyl (C=O) groups is 1. The monoisotopic (exact) mass is 498 g/mol. The Hall–Kier alpha value is -3.50. The van der Waals surface area contributed by atoms with E-state index in [1.807, 2.05) is 24.4 Å². The number of benzene rings is 1. The fourth-order valence-electron chi connectivity index (χ4n) is 5.87. The van der Waals surface area contributed by atoms with Gasteiger partial charge in [0.2, 0.25) is 11.9 Å². The summed E-state index contributed by atoms with van der Waals surface area (Å²) in [6.07, 6.45) is 7.82. The number of nitrogens with two attached hydrogens (primary N) is 1. The van der Waals surface area contributed by atoms with E-state index in [1.54, 1.807) is 18.0 Å². The van der Waals surface area contributed by atoms with Crippen molar-refractivity contribution >= 4 is 40.6 Å². The Kier molecular flexibility index (Phi) is 5.00. The van der Waals surface area contributed by atoms with Crippen LogP contribution in [-0.4, -0.2) is 43.9 Å². The van der Waals surface area contributed by atoms with Crippen LogP contribution in [0.3, 0.4) is 0 Å². The average Bonchev–Trinajstić information content (AvgIpc) is 3.43.